The first kappa shape index (κ1) is 17.3. The van der Waals surface area contributed by atoms with Crippen molar-refractivity contribution in [3.8, 4) is 0 Å². The average Bonchev–Trinajstić information content (AvgIpc) is 3.37. The van der Waals surface area contributed by atoms with E-state index in [1.54, 1.807) is 17.2 Å². The number of nitrogens with zero attached hydrogens (tertiary/aromatic N) is 3. The van der Waals surface area contributed by atoms with Gasteiger partial charge >= 0.3 is 6.03 Å². The molecule has 1 saturated carbocycles. The van der Waals surface area contributed by atoms with Crippen molar-refractivity contribution in [2.45, 2.75) is 50.6 Å². The summed E-state index contributed by atoms with van der Waals surface area (Å²) >= 11 is 6.24. The molecule has 0 spiro atoms. The van der Waals surface area contributed by atoms with Gasteiger partial charge in [-0.05, 0) is 49.4 Å². The van der Waals surface area contributed by atoms with Gasteiger partial charge in [0.25, 0.3) is 0 Å². The summed E-state index contributed by atoms with van der Waals surface area (Å²) < 4.78 is 15.6. The molecule has 2 aliphatic rings. The molecule has 0 radical (unpaired) electrons. The minimum Gasteiger partial charge on any atom is -0.317 e. The van der Waals surface area contributed by atoms with Gasteiger partial charge in [0.1, 0.15) is 5.82 Å². The van der Waals surface area contributed by atoms with E-state index in [1.165, 1.54) is 25.0 Å². The van der Waals surface area contributed by atoms with Crippen LogP contribution in [0.2, 0.25) is 5.02 Å². The van der Waals surface area contributed by atoms with Gasteiger partial charge in [-0.25, -0.2) is 9.18 Å². The monoisotopic (exact) mass is 376 g/mol. The zero-order valence-corrected chi connectivity index (χ0v) is 15.3. The molecule has 1 unspecified atom stereocenters. The van der Waals surface area contributed by atoms with Crippen LogP contribution in [0, 0.1) is 5.82 Å². The molecule has 1 aliphatic heterocycles. The van der Waals surface area contributed by atoms with Crippen molar-refractivity contribution in [2.75, 3.05) is 11.9 Å². The molecule has 4 rings (SSSR count). The molecule has 2 heterocycles. The Morgan fingerprint density at radius 1 is 1.23 bits per heavy atom. The third-order valence-corrected chi connectivity index (χ3v) is 5.73. The molecule has 1 aliphatic carbocycles. The van der Waals surface area contributed by atoms with E-state index in [-0.39, 0.29) is 17.9 Å². The quantitative estimate of drug-likeness (QED) is 0.804. The third-order valence-electron chi connectivity index (χ3n) is 5.38. The highest BCUT2D eigenvalue weighted by atomic mass is 35.5. The minimum atomic E-state index is -0.338. The van der Waals surface area contributed by atoms with E-state index in [1.807, 2.05) is 10.9 Å². The van der Waals surface area contributed by atoms with Gasteiger partial charge in [-0.2, -0.15) is 5.10 Å². The van der Waals surface area contributed by atoms with Gasteiger partial charge in [-0.1, -0.05) is 24.4 Å². The largest absolute Gasteiger partial charge is 0.322 e. The van der Waals surface area contributed by atoms with Crippen molar-refractivity contribution in [1.29, 1.82) is 0 Å². The van der Waals surface area contributed by atoms with E-state index >= 15 is 0 Å². The SMILES string of the molecule is O=C(Nc1cnn(C2CCCC2)c1)N1CCCC1c1cc(F)ccc1Cl. The summed E-state index contributed by atoms with van der Waals surface area (Å²) in [5.74, 6) is -0.338. The first-order valence-corrected chi connectivity index (χ1v) is 9.56. The van der Waals surface area contributed by atoms with Crippen LogP contribution in [0.1, 0.15) is 56.2 Å². The summed E-state index contributed by atoms with van der Waals surface area (Å²) in [5, 5.41) is 7.81. The molecule has 26 heavy (non-hydrogen) atoms. The summed E-state index contributed by atoms with van der Waals surface area (Å²) in [7, 11) is 0. The Hall–Kier alpha value is -2.08. The van der Waals surface area contributed by atoms with Gasteiger partial charge in [-0.15, -0.1) is 0 Å². The van der Waals surface area contributed by atoms with Crippen LogP contribution in [-0.4, -0.2) is 27.3 Å². The number of carbonyl (C=O) groups excluding carboxylic acids is 1. The summed E-state index contributed by atoms with van der Waals surface area (Å²) in [6.45, 7) is 0.625. The second kappa shape index (κ2) is 7.27. The van der Waals surface area contributed by atoms with Crippen molar-refractivity contribution in [3.63, 3.8) is 0 Å². The highest BCUT2D eigenvalue weighted by Gasteiger charge is 2.32. The van der Waals surface area contributed by atoms with Gasteiger partial charge in [0.05, 0.1) is 24.0 Å². The Morgan fingerprint density at radius 3 is 2.85 bits per heavy atom. The summed E-state index contributed by atoms with van der Waals surface area (Å²) in [6.07, 6.45) is 9.98. The zero-order valence-electron chi connectivity index (χ0n) is 14.5. The van der Waals surface area contributed by atoms with Crippen LogP contribution in [-0.2, 0) is 0 Å². The van der Waals surface area contributed by atoms with Gasteiger partial charge in [0.2, 0.25) is 0 Å². The molecule has 1 aromatic carbocycles. The maximum Gasteiger partial charge on any atom is 0.322 e. The second-order valence-electron chi connectivity index (χ2n) is 7.09. The summed E-state index contributed by atoms with van der Waals surface area (Å²) in [4.78, 5) is 14.5. The number of hydrogen-bond donors (Lipinski definition) is 1. The second-order valence-corrected chi connectivity index (χ2v) is 7.50. The number of nitrogens with one attached hydrogen (secondary N) is 1. The van der Waals surface area contributed by atoms with Crippen molar-refractivity contribution in [1.82, 2.24) is 14.7 Å². The molecule has 1 N–H and O–H groups in total. The van der Waals surface area contributed by atoms with Crippen LogP contribution in [0.25, 0.3) is 0 Å². The summed E-state index contributed by atoms with van der Waals surface area (Å²) in [6, 6.07) is 4.35. The number of likely N-dealkylation sites (tertiary alicyclic amines) is 1. The van der Waals surface area contributed by atoms with Crippen molar-refractivity contribution in [2.24, 2.45) is 0 Å². The predicted molar refractivity (Wildman–Crippen MR) is 98.8 cm³/mol. The molecule has 1 aromatic heterocycles. The zero-order chi connectivity index (χ0) is 18.1. The van der Waals surface area contributed by atoms with Crippen LogP contribution in [0.4, 0.5) is 14.9 Å². The lowest BCUT2D eigenvalue weighted by molar-refractivity contribution is 0.207. The van der Waals surface area contributed by atoms with Crippen molar-refractivity contribution in [3.05, 3.63) is 47.0 Å². The van der Waals surface area contributed by atoms with E-state index < -0.39 is 0 Å². The lowest BCUT2D eigenvalue weighted by Crippen LogP contribution is -2.34. The van der Waals surface area contributed by atoms with Gasteiger partial charge in [0, 0.05) is 17.8 Å². The fourth-order valence-electron chi connectivity index (χ4n) is 4.07. The molecular weight excluding hydrogens is 355 g/mol. The number of anilines is 1. The summed E-state index contributed by atoms with van der Waals surface area (Å²) in [5.41, 5.74) is 1.36. The van der Waals surface area contributed by atoms with E-state index in [0.29, 0.717) is 28.9 Å². The number of benzene rings is 1. The predicted octanol–water partition coefficient (Wildman–Crippen LogP) is 5.16. The number of halogens is 2. The van der Waals surface area contributed by atoms with Crippen LogP contribution >= 0.6 is 11.6 Å². The van der Waals surface area contributed by atoms with Crippen molar-refractivity contribution >= 4 is 23.3 Å². The van der Waals surface area contributed by atoms with Crippen LogP contribution in [0.3, 0.4) is 0 Å². The number of rotatable bonds is 3. The molecule has 0 bridgehead atoms. The fourth-order valence-corrected chi connectivity index (χ4v) is 4.31. The average molecular weight is 377 g/mol. The van der Waals surface area contributed by atoms with Crippen LogP contribution in [0.5, 0.6) is 0 Å². The first-order valence-electron chi connectivity index (χ1n) is 9.18. The fraction of sp³-hybridized carbons (Fsp3) is 0.474. The maximum atomic E-state index is 13.6. The number of aromatic nitrogens is 2. The highest BCUT2D eigenvalue weighted by Crippen LogP contribution is 2.36. The lowest BCUT2D eigenvalue weighted by atomic mass is 10.0. The van der Waals surface area contributed by atoms with Gasteiger partial charge in [0.15, 0.2) is 0 Å². The van der Waals surface area contributed by atoms with Gasteiger partial charge < -0.3 is 10.2 Å². The topological polar surface area (TPSA) is 50.2 Å². The lowest BCUT2D eigenvalue weighted by Gasteiger charge is -2.25. The maximum absolute atomic E-state index is 13.6. The Balaban J connectivity index is 1.47. The Labute approximate surface area is 157 Å². The molecule has 1 saturated heterocycles. The first-order chi connectivity index (χ1) is 12.6. The smallest absolute Gasteiger partial charge is 0.317 e. The van der Waals surface area contributed by atoms with E-state index in [0.717, 1.165) is 25.7 Å². The molecule has 7 heteroatoms. The van der Waals surface area contributed by atoms with E-state index in [9.17, 15) is 9.18 Å². The Morgan fingerprint density at radius 2 is 2.04 bits per heavy atom. The van der Waals surface area contributed by atoms with Crippen molar-refractivity contribution < 1.29 is 9.18 Å². The number of amides is 2. The Kier molecular flexibility index (Phi) is 4.85. The van der Waals surface area contributed by atoms with Gasteiger partial charge in [-0.3, -0.25) is 4.68 Å². The molecular formula is C19H22ClFN4O. The third kappa shape index (κ3) is 3.43. The Bertz CT molecular complexity index is 803. The van der Waals surface area contributed by atoms with E-state index in [4.69, 9.17) is 11.6 Å². The van der Waals surface area contributed by atoms with Crippen LogP contribution < -0.4 is 5.32 Å². The van der Waals surface area contributed by atoms with Crippen LogP contribution in [0.15, 0.2) is 30.6 Å². The number of hydrogen-bond acceptors (Lipinski definition) is 2. The number of carbonyl (C=O) groups is 1. The molecule has 1 atom stereocenters. The molecule has 2 aromatic rings. The molecule has 2 fully saturated rings. The standard InChI is InChI=1S/C19H22ClFN4O/c20-17-8-7-13(21)10-16(17)18-6-3-9-24(18)19(26)23-14-11-22-25(12-14)15-4-1-2-5-15/h7-8,10-12,15,18H,1-6,9H2,(H,23,26). The molecule has 5 nitrogen and oxygen atoms in total. The number of urea groups is 1. The molecule has 2 amide bonds. The highest BCUT2D eigenvalue weighted by molar-refractivity contribution is 6.31. The van der Waals surface area contributed by atoms with E-state index in [2.05, 4.69) is 10.4 Å². The normalized spacial score (nSPS) is 20.7. The minimum absolute atomic E-state index is 0.196. The molecule has 138 valence electrons.